The van der Waals surface area contributed by atoms with Gasteiger partial charge in [0.2, 0.25) is 0 Å². The molecule has 0 N–H and O–H groups in total. The minimum absolute atomic E-state index is 0.0713. The van der Waals surface area contributed by atoms with E-state index in [0.29, 0.717) is 13.2 Å². The molecule has 0 bridgehead atoms. The molecule has 0 radical (unpaired) electrons. The average Bonchev–Trinajstić information content (AvgIpc) is 3.31. The molecule has 2 aliphatic rings. The van der Waals surface area contributed by atoms with Crippen LogP contribution in [0.15, 0.2) is 54.6 Å². The molecule has 2 aromatic carbocycles. The van der Waals surface area contributed by atoms with Gasteiger partial charge in [0.15, 0.2) is 0 Å². The van der Waals surface area contributed by atoms with E-state index in [9.17, 15) is 4.79 Å². The van der Waals surface area contributed by atoms with Crippen LogP contribution in [0.4, 0.5) is 5.69 Å². The number of thiophene rings is 1. The van der Waals surface area contributed by atoms with Gasteiger partial charge in [-0.2, -0.15) is 0 Å². The van der Waals surface area contributed by atoms with E-state index in [4.69, 9.17) is 14.2 Å². The number of carbonyl (C=O) groups excluding carboxylic acids is 1. The normalized spacial score (nSPS) is 16.5. The summed E-state index contributed by atoms with van der Waals surface area (Å²) < 4.78 is 16.5. The number of methoxy groups -OCH3 is 1. The van der Waals surface area contributed by atoms with Crippen LogP contribution in [0, 0.1) is 0 Å². The molecule has 6 nitrogen and oxygen atoms in total. The summed E-state index contributed by atoms with van der Waals surface area (Å²) in [5.74, 6) is 1.73. The van der Waals surface area contributed by atoms with Crippen molar-refractivity contribution < 1.29 is 19.0 Å². The molecule has 1 fully saturated rings. The van der Waals surface area contributed by atoms with Crippen LogP contribution in [0.1, 0.15) is 15.2 Å². The third-order valence-corrected chi connectivity index (χ3v) is 7.37. The third kappa shape index (κ3) is 4.90. The van der Waals surface area contributed by atoms with Gasteiger partial charge in [0.05, 0.1) is 25.2 Å². The molecular weight excluding hydrogens is 436 g/mol. The second-order valence-electron chi connectivity index (χ2n) is 8.20. The van der Waals surface area contributed by atoms with Crippen molar-refractivity contribution in [2.75, 3.05) is 58.0 Å². The predicted molar refractivity (Wildman–Crippen MR) is 131 cm³/mol. The van der Waals surface area contributed by atoms with Gasteiger partial charge in [-0.1, -0.05) is 0 Å². The Labute approximate surface area is 198 Å². The molecule has 0 atom stereocenters. The van der Waals surface area contributed by atoms with Crippen molar-refractivity contribution in [2.24, 2.45) is 0 Å². The number of hydrogen-bond donors (Lipinski definition) is 0. The van der Waals surface area contributed by atoms with Gasteiger partial charge in [-0.3, -0.25) is 9.69 Å². The molecular formula is C26H28N2O4S. The van der Waals surface area contributed by atoms with Crippen LogP contribution >= 0.6 is 11.3 Å². The molecule has 172 valence electrons. The van der Waals surface area contributed by atoms with Crippen molar-refractivity contribution in [3.05, 3.63) is 65.0 Å². The average molecular weight is 465 g/mol. The third-order valence-electron chi connectivity index (χ3n) is 6.16. The Kier molecular flexibility index (Phi) is 6.62. The van der Waals surface area contributed by atoms with E-state index in [1.807, 2.05) is 53.4 Å². The van der Waals surface area contributed by atoms with E-state index < -0.39 is 0 Å². The molecule has 5 rings (SSSR count). The molecule has 2 aliphatic heterocycles. The summed E-state index contributed by atoms with van der Waals surface area (Å²) in [5.41, 5.74) is 3.15. The van der Waals surface area contributed by atoms with E-state index in [1.54, 1.807) is 18.4 Å². The van der Waals surface area contributed by atoms with Crippen molar-refractivity contribution in [3.8, 4) is 21.9 Å². The van der Waals surface area contributed by atoms with E-state index >= 15 is 0 Å². The zero-order chi connectivity index (χ0) is 22.6. The number of fused-ring (bicyclic) bond motifs is 1. The number of benzene rings is 2. The second kappa shape index (κ2) is 9.95. The molecule has 7 heteroatoms. The zero-order valence-corrected chi connectivity index (χ0v) is 19.6. The number of morpholine rings is 1. The highest BCUT2D eigenvalue weighted by molar-refractivity contribution is 7.17. The van der Waals surface area contributed by atoms with Gasteiger partial charge < -0.3 is 19.1 Å². The van der Waals surface area contributed by atoms with E-state index in [1.165, 1.54) is 0 Å². The van der Waals surface area contributed by atoms with Crippen molar-refractivity contribution in [3.63, 3.8) is 0 Å². The highest BCUT2D eigenvalue weighted by atomic mass is 32.1. The van der Waals surface area contributed by atoms with Gasteiger partial charge in [-0.25, -0.2) is 0 Å². The number of rotatable bonds is 7. The lowest BCUT2D eigenvalue weighted by atomic mass is 10.1. The van der Waals surface area contributed by atoms with Crippen LogP contribution < -0.4 is 14.4 Å². The molecule has 0 aliphatic carbocycles. The fraction of sp³-hybridized carbons (Fsp3) is 0.346. The summed E-state index contributed by atoms with van der Waals surface area (Å²) in [6.07, 6.45) is 0.853. The highest BCUT2D eigenvalue weighted by Gasteiger charge is 2.28. The number of anilines is 1. The first kappa shape index (κ1) is 21.9. The van der Waals surface area contributed by atoms with Gasteiger partial charge in [0.1, 0.15) is 18.1 Å². The second-order valence-corrected chi connectivity index (χ2v) is 9.25. The standard InChI is InChI=1S/C26H28N2O4S/c1-30-22-6-2-19(3-7-22)24-18-20-10-11-28(26(29)25(20)33-24)21-4-8-23(9-5-21)32-17-14-27-12-15-31-16-13-27/h2-9,18H,10-17H2,1H3. The number of nitrogens with zero attached hydrogens (tertiary/aromatic N) is 2. The topological polar surface area (TPSA) is 51.2 Å². The van der Waals surface area contributed by atoms with Crippen LogP contribution in [-0.4, -0.2) is 63.9 Å². The Balaban J connectivity index is 1.23. The van der Waals surface area contributed by atoms with Crippen molar-refractivity contribution in [1.82, 2.24) is 4.90 Å². The molecule has 0 saturated carbocycles. The number of ether oxygens (including phenoxy) is 3. The molecule has 1 aromatic heterocycles. The maximum absolute atomic E-state index is 13.3. The minimum atomic E-state index is 0.0713. The summed E-state index contributed by atoms with van der Waals surface area (Å²) >= 11 is 1.57. The van der Waals surface area contributed by atoms with Crippen LogP contribution in [-0.2, 0) is 11.2 Å². The first-order valence-corrected chi connectivity index (χ1v) is 12.1. The molecule has 0 unspecified atom stereocenters. The Hall–Kier alpha value is -2.87. The Bertz CT molecular complexity index is 1090. The summed E-state index contributed by atoms with van der Waals surface area (Å²) in [5, 5.41) is 0. The number of carbonyl (C=O) groups is 1. The monoisotopic (exact) mass is 464 g/mol. The van der Waals surface area contributed by atoms with E-state index in [-0.39, 0.29) is 5.91 Å². The van der Waals surface area contributed by atoms with Crippen LogP contribution in [0.25, 0.3) is 10.4 Å². The highest BCUT2D eigenvalue weighted by Crippen LogP contribution is 2.36. The molecule has 33 heavy (non-hydrogen) atoms. The Morgan fingerprint density at radius 1 is 0.970 bits per heavy atom. The lowest BCUT2D eigenvalue weighted by Gasteiger charge is -2.27. The SMILES string of the molecule is COc1ccc(-c2cc3c(s2)C(=O)N(c2ccc(OCCN4CCOCC4)cc2)CC3)cc1. The lowest BCUT2D eigenvalue weighted by molar-refractivity contribution is 0.0322. The summed E-state index contributed by atoms with van der Waals surface area (Å²) in [4.78, 5) is 19.4. The lowest BCUT2D eigenvalue weighted by Crippen LogP contribution is -2.38. The maximum Gasteiger partial charge on any atom is 0.268 e. The van der Waals surface area contributed by atoms with Gasteiger partial charge in [0, 0.05) is 36.7 Å². The molecule has 1 saturated heterocycles. The van der Waals surface area contributed by atoms with E-state index in [2.05, 4.69) is 11.0 Å². The predicted octanol–water partition coefficient (Wildman–Crippen LogP) is 4.34. The molecule has 3 aromatic rings. The zero-order valence-electron chi connectivity index (χ0n) is 18.8. The summed E-state index contributed by atoms with van der Waals surface area (Å²) in [6.45, 7) is 5.75. The van der Waals surface area contributed by atoms with Gasteiger partial charge in [-0.15, -0.1) is 11.3 Å². The Morgan fingerprint density at radius 3 is 2.42 bits per heavy atom. The van der Waals surface area contributed by atoms with Crippen molar-refractivity contribution >= 4 is 22.9 Å². The molecule has 1 amide bonds. The summed E-state index contributed by atoms with van der Waals surface area (Å²) in [6, 6.07) is 18.0. The van der Waals surface area contributed by atoms with Gasteiger partial charge in [-0.05, 0) is 72.1 Å². The van der Waals surface area contributed by atoms with E-state index in [0.717, 1.165) is 77.3 Å². The Morgan fingerprint density at radius 2 is 1.70 bits per heavy atom. The van der Waals surface area contributed by atoms with Gasteiger partial charge in [0.25, 0.3) is 5.91 Å². The first-order valence-electron chi connectivity index (χ1n) is 11.3. The fourth-order valence-electron chi connectivity index (χ4n) is 4.24. The molecule has 0 spiro atoms. The first-order chi connectivity index (χ1) is 16.2. The fourth-order valence-corrected chi connectivity index (χ4v) is 5.40. The maximum atomic E-state index is 13.3. The summed E-state index contributed by atoms with van der Waals surface area (Å²) in [7, 11) is 1.66. The molecule has 3 heterocycles. The smallest absolute Gasteiger partial charge is 0.268 e. The largest absolute Gasteiger partial charge is 0.497 e. The van der Waals surface area contributed by atoms with Gasteiger partial charge >= 0.3 is 0 Å². The number of amides is 1. The van der Waals surface area contributed by atoms with Crippen LogP contribution in [0.3, 0.4) is 0 Å². The number of hydrogen-bond acceptors (Lipinski definition) is 6. The van der Waals surface area contributed by atoms with Crippen LogP contribution in [0.2, 0.25) is 0 Å². The van der Waals surface area contributed by atoms with Crippen LogP contribution in [0.5, 0.6) is 11.5 Å². The quantitative estimate of drug-likeness (QED) is 0.521. The van der Waals surface area contributed by atoms with Crippen molar-refractivity contribution in [2.45, 2.75) is 6.42 Å². The minimum Gasteiger partial charge on any atom is -0.497 e. The van der Waals surface area contributed by atoms with Crippen molar-refractivity contribution in [1.29, 1.82) is 0 Å².